The fourth-order valence-corrected chi connectivity index (χ4v) is 2.18. The predicted molar refractivity (Wildman–Crippen MR) is 78.1 cm³/mol. The van der Waals surface area contributed by atoms with Gasteiger partial charge in [0.25, 0.3) is 0 Å². The highest BCUT2D eigenvalue weighted by atomic mass is 16.5. The first-order chi connectivity index (χ1) is 10.3. The van der Waals surface area contributed by atoms with E-state index in [4.69, 9.17) is 4.74 Å². The quantitative estimate of drug-likeness (QED) is 0.748. The lowest BCUT2D eigenvalue weighted by atomic mass is 10.2. The number of amides is 1. The van der Waals surface area contributed by atoms with Crippen LogP contribution in [0.2, 0.25) is 0 Å². The number of carbonyl (C=O) groups excluding carboxylic acids is 1. The lowest BCUT2D eigenvalue weighted by Crippen LogP contribution is -2.15. The Morgan fingerprint density at radius 2 is 2.33 bits per heavy atom. The van der Waals surface area contributed by atoms with Crippen molar-refractivity contribution in [3.05, 3.63) is 36.8 Å². The van der Waals surface area contributed by atoms with Gasteiger partial charge in [0, 0.05) is 30.1 Å². The number of aromatic amines is 1. The maximum atomic E-state index is 11.8. The summed E-state index contributed by atoms with van der Waals surface area (Å²) in [4.78, 5) is 15.7. The molecule has 0 spiro atoms. The van der Waals surface area contributed by atoms with E-state index in [1.165, 1.54) is 6.33 Å². The second kappa shape index (κ2) is 5.66. The molecule has 0 aliphatic carbocycles. The van der Waals surface area contributed by atoms with Gasteiger partial charge in [-0.25, -0.2) is 5.10 Å². The Labute approximate surface area is 120 Å². The number of nitrogens with one attached hydrogen (secondary N) is 2. The van der Waals surface area contributed by atoms with Gasteiger partial charge in [0.15, 0.2) is 0 Å². The number of anilines is 1. The highest BCUT2D eigenvalue weighted by molar-refractivity contribution is 5.89. The monoisotopic (exact) mass is 285 g/mol. The van der Waals surface area contributed by atoms with Gasteiger partial charge in [-0.1, -0.05) is 0 Å². The maximum absolute atomic E-state index is 11.8. The Morgan fingerprint density at radius 3 is 3.10 bits per heavy atom. The minimum Gasteiger partial charge on any atom is -0.497 e. The smallest absolute Gasteiger partial charge is 0.228 e. The topological polar surface area (TPSA) is 84.8 Å². The number of rotatable bonds is 5. The number of benzene rings is 1. The Balaban J connectivity index is 1.66. The van der Waals surface area contributed by atoms with E-state index in [0.29, 0.717) is 18.9 Å². The fraction of sp³-hybridized carbons (Fsp3) is 0.214. The molecule has 0 atom stereocenters. The molecule has 3 aromatic rings. The minimum atomic E-state index is -0.109. The number of hydrogen-bond donors (Lipinski definition) is 2. The molecule has 1 amide bonds. The second-order valence-electron chi connectivity index (χ2n) is 4.57. The van der Waals surface area contributed by atoms with E-state index in [2.05, 4.69) is 20.5 Å². The van der Waals surface area contributed by atoms with E-state index >= 15 is 0 Å². The molecule has 7 nitrogen and oxygen atoms in total. The van der Waals surface area contributed by atoms with E-state index in [0.717, 1.165) is 16.7 Å². The third-order valence-corrected chi connectivity index (χ3v) is 3.23. The van der Waals surface area contributed by atoms with E-state index in [-0.39, 0.29) is 5.91 Å². The van der Waals surface area contributed by atoms with Crippen molar-refractivity contribution >= 4 is 22.8 Å². The Hall–Kier alpha value is -2.83. The number of ether oxygens (including phenoxy) is 1. The van der Waals surface area contributed by atoms with E-state index in [1.807, 2.05) is 35.0 Å². The van der Waals surface area contributed by atoms with Crippen molar-refractivity contribution in [3.63, 3.8) is 0 Å². The van der Waals surface area contributed by atoms with Gasteiger partial charge < -0.3 is 9.30 Å². The molecule has 0 saturated carbocycles. The lowest BCUT2D eigenvalue weighted by Gasteiger charge is -2.06. The molecule has 3 rings (SSSR count). The summed E-state index contributed by atoms with van der Waals surface area (Å²) in [5.41, 5.74) is 1.07. The van der Waals surface area contributed by atoms with Crippen LogP contribution in [0.15, 0.2) is 36.8 Å². The molecular weight excluding hydrogens is 270 g/mol. The van der Waals surface area contributed by atoms with Crippen LogP contribution in [0.5, 0.6) is 5.75 Å². The zero-order valence-corrected chi connectivity index (χ0v) is 11.5. The summed E-state index contributed by atoms with van der Waals surface area (Å²) in [7, 11) is 1.64. The molecule has 2 N–H and O–H groups in total. The van der Waals surface area contributed by atoms with Gasteiger partial charge in [-0.05, 0) is 24.3 Å². The molecular formula is C14H15N5O2. The zero-order valence-electron chi connectivity index (χ0n) is 11.5. The van der Waals surface area contributed by atoms with Crippen LogP contribution in [0, 0.1) is 0 Å². The van der Waals surface area contributed by atoms with Crippen LogP contribution in [-0.2, 0) is 11.3 Å². The van der Waals surface area contributed by atoms with Crippen molar-refractivity contribution in [2.45, 2.75) is 13.0 Å². The van der Waals surface area contributed by atoms with Crippen LogP contribution in [0.1, 0.15) is 6.42 Å². The van der Waals surface area contributed by atoms with Gasteiger partial charge in [0.2, 0.25) is 11.9 Å². The summed E-state index contributed by atoms with van der Waals surface area (Å²) in [6.45, 7) is 0.593. The maximum Gasteiger partial charge on any atom is 0.228 e. The van der Waals surface area contributed by atoms with Crippen LogP contribution in [0.4, 0.5) is 5.95 Å². The van der Waals surface area contributed by atoms with E-state index < -0.39 is 0 Å². The number of fused-ring (bicyclic) bond motifs is 1. The normalized spacial score (nSPS) is 10.7. The molecule has 1 aromatic carbocycles. The van der Waals surface area contributed by atoms with Crippen molar-refractivity contribution in [1.29, 1.82) is 0 Å². The summed E-state index contributed by atoms with van der Waals surface area (Å²) in [6, 6.07) is 7.88. The number of carbonyl (C=O) groups is 1. The molecule has 2 aromatic heterocycles. The highest BCUT2D eigenvalue weighted by Gasteiger charge is 2.07. The molecule has 108 valence electrons. The van der Waals surface area contributed by atoms with Crippen molar-refractivity contribution < 1.29 is 9.53 Å². The molecule has 0 radical (unpaired) electrons. The van der Waals surface area contributed by atoms with Crippen LogP contribution in [-0.4, -0.2) is 32.8 Å². The summed E-state index contributed by atoms with van der Waals surface area (Å²) < 4.78 is 7.24. The van der Waals surface area contributed by atoms with E-state index in [9.17, 15) is 4.79 Å². The number of H-pyrrole nitrogens is 1. The van der Waals surface area contributed by atoms with Gasteiger partial charge >= 0.3 is 0 Å². The largest absolute Gasteiger partial charge is 0.497 e. The Kier molecular flexibility index (Phi) is 3.55. The summed E-state index contributed by atoms with van der Waals surface area (Å²) >= 11 is 0. The van der Waals surface area contributed by atoms with Crippen molar-refractivity contribution in [1.82, 2.24) is 19.7 Å². The molecule has 7 heteroatoms. The first kappa shape index (κ1) is 13.2. The summed E-state index contributed by atoms with van der Waals surface area (Å²) in [5.74, 6) is 1.08. The predicted octanol–water partition coefficient (Wildman–Crippen LogP) is 1.80. The number of methoxy groups -OCH3 is 1. The molecule has 0 saturated heterocycles. The standard InChI is InChI=1S/C14H15N5O2/c1-21-11-2-3-12-10(8-11)4-6-19(12)7-5-13(20)17-14-15-9-16-18-14/h2-4,6,8-9H,5,7H2,1H3,(H2,15,16,17,18,20). The second-order valence-corrected chi connectivity index (χ2v) is 4.57. The molecule has 21 heavy (non-hydrogen) atoms. The van der Waals surface area contributed by atoms with E-state index in [1.54, 1.807) is 7.11 Å². The van der Waals surface area contributed by atoms with Crippen LogP contribution in [0.3, 0.4) is 0 Å². The van der Waals surface area contributed by atoms with Crippen LogP contribution in [0.25, 0.3) is 10.9 Å². The van der Waals surface area contributed by atoms with Gasteiger partial charge in [-0.2, -0.15) is 10.1 Å². The molecule has 0 unspecified atom stereocenters. The Bertz CT molecular complexity index is 748. The molecule has 0 aliphatic heterocycles. The highest BCUT2D eigenvalue weighted by Crippen LogP contribution is 2.22. The number of hydrogen-bond acceptors (Lipinski definition) is 4. The third kappa shape index (κ3) is 2.86. The van der Waals surface area contributed by atoms with Crippen LogP contribution < -0.4 is 10.1 Å². The van der Waals surface area contributed by atoms with Crippen molar-refractivity contribution in [2.24, 2.45) is 0 Å². The minimum absolute atomic E-state index is 0.109. The molecule has 0 bridgehead atoms. The number of aryl methyl sites for hydroxylation is 1. The first-order valence-electron chi connectivity index (χ1n) is 6.54. The average Bonchev–Trinajstić information content (AvgIpc) is 3.13. The fourth-order valence-electron chi connectivity index (χ4n) is 2.18. The first-order valence-corrected chi connectivity index (χ1v) is 6.54. The lowest BCUT2D eigenvalue weighted by molar-refractivity contribution is -0.116. The SMILES string of the molecule is COc1ccc2c(ccn2CCC(=O)Nc2ncn[nH]2)c1. The summed E-state index contributed by atoms with van der Waals surface area (Å²) in [5, 5.41) is 10.0. The van der Waals surface area contributed by atoms with Gasteiger partial charge in [0.05, 0.1) is 7.11 Å². The van der Waals surface area contributed by atoms with Crippen LogP contribution >= 0.6 is 0 Å². The van der Waals surface area contributed by atoms with Crippen molar-refractivity contribution in [2.75, 3.05) is 12.4 Å². The van der Waals surface area contributed by atoms with Crippen molar-refractivity contribution in [3.8, 4) is 5.75 Å². The number of nitrogens with zero attached hydrogens (tertiary/aromatic N) is 3. The molecule has 2 heterocycles. The van der Waals surface area contributed by atoms with Gasteiger partial charge in [0.1, 0.15) is 12.1 Å². The van der Waals surface area contributed by atoms with Gasteiger partial charge in [-0.3, -0.25) is 10.1 Å². The summed E-state index contributed by atoms with van der Waals surface area (Å²) in [6.07, 6.45) is 3.67. The average molecular weight is 285 g/mol. The van der Waals surface area contributed by atoms with Gasteiger partial charge in [-0.15, -0.1) is 0 Å². The molecule has 0 fully saturated rings. The Morgan fingerprint density at radius 1 is 1.43 bits per heavy atom. The number of aromatic nitrogens is 4. The third-order valence-electron chi connectivity index (χ3n) is 3.23. The molecule has 0 aliphatic rings. The zero-order chi connectivity index (χ0) is 14.7.